The number of aryl methyl sites for hydroxylation is 1. The average molecular weight is 390 g/mol. The van der Waals surface area contributed by atoms with E-state index in [-0.39, 0.29) is 24.9 Å². The van der Waals surface area contributed by atoms with Gasteiger partial charge in [-0.15, -0.1) is 0 Å². The molecule has 0 saturated heterocycles. The van der Waals surface area contributed by atoms with Gasteiger partial charge >= 0.3 is 0 Å². The maximum atomic E-state index is 12.1. The van der Waals surface area contributed by atoms with Gasteiger partial charge in [0.25, 0.3) is 0 Å². The Bertz CT molecular complexity index is 672. The molecule has 126 valence electrons. The smallest absolute Gasteiger partial charge is 0.238 e. The van der Waals surface area contributed by atoms with Crippen molar-refractivity contribution in [3.63, 3.8) is 0 Å². The van der Waals surface area contributed by atoms with Crippen LogP contribution >= 0.6 is 15.9 Å². The van der Waals surface area contributed by atoms with Crippen molar-refractivity contribution in [1.82, 2.24) is 4.90 Å². The molecule has 0 aliphatic carbocycles. The Kier molecular flexibility index (Phi) is 6.52. The lowest BCUT2D eigenvalue weighted by molar-refractivity contribution is -0.119. The van der Waals surface area contributed by atoms with Crippen molar-refractivity contribution >= 4 is 39.1 Å². The molecule has 0 aromatic heterocycles. The van der Waals surface area contributed by atoms with Crippen LogP contribution in [0, 0.1) is 6.92 Å². The van der Waals surface area contributed by atoms with Gasteiger partial charge in [-0.1, -0.05) is 30.3 Å². The van der Waals surface area contributed by atoms with Crippen LogP contribution in [0.1, 0.15) is 5.56 Å². The number of nitrogens with zero attached hydrogens (tertiary/aromatic N) is 1. The normalized spacial score (nSPS) is 10.5. The minimum Gasteiger partial charge on any atom is -0.325 e. The number of rotatable bonds is 6. The van der Waals surface area contributed by atoms with Crippen molar-refractivity contribution in [3.05, 3.63) is 58.6 Å². The van der Waals surface area contributed by atoms with Gasteiger partial charge in [0.15, 0.2) is 0 Å². The van der Waals surface area contributed by atoms with Gasteiger partial charge in [0.05, 0.1) is 18.8 Å². The number of likely N-dealkylation sites (N-methyl/N-ethyl adjacent to an activating group) is 1. The molecule has 0 aliphatic rings. The molecule has 24 heavy (non-hydrogen) atoms. The van der Waals surface area contributed by atoms with Crippen LogP contribution in [0.2, 0.25) is 0 Å². The third kappa shape index (κ3) is 5.47. The fraction of sp³-hybridized carbons (Fsp3) is 0.222. The summed E-state index contributed by atoms with van der Waals surface area (Å²) in [7, 11) is 1.73. The third-order valence-corrected chi connectivity index (χ3v) is 4.09. The van der Waals surface area contributed by atoms with Gasteiger partial charge in [0, 0.05) is 10.2 Å². The number of anilines is 2. The molecule has 2 rings (SSSR count). The Balaban J connectivity index is 1.83. The summed E-state index contributed by atoms with van der Waals surface area (Å²) in [6.45, 7) is 2.20. The first-order valence-corrected chi connectivity index (χ1v) is 8.33. The van der Waals surface area contributed by atoms with Crippen LogP contribution in [0.3, 0.4) is 0 Å². The monoisotopic (exact) mass is 389 g/mol. The first-order valence-electron chi connectivity index (χ1n) is 7.54. The zero-order chi connectivity index (χ0) is 17.5. The number of amides is 2. The predicted octanol–water partition coefficient (Wildman–Crippen LogP) is 3.27. The first-order chi connectivity index (χ1) is 11.5. The second-order valence-electron chi connectivity index (χ2n) is 5.56. The van der Waals surface area contributed by atoms with Gasteiger partial charge in [-0.2, -0.15) is 0 Å². The van der Waals surface area contributed by atoms with Crippen LogP contribution in [-0.2, 0) is 9.59 Å². The SMILES string of the molecule is Cc1ccccc1NC(=O)CN(C)CC(=O)Nc1ccccc1Br. The molecule has 0 heterocycles. The van der Waals surface area contributed by atoms with Crippen molar-refractivity contribution in [2.75, 3.05) is 30.8 Å². The molecule has 0 spiro atoms. The maximum absolute atomic E-state index is 12.1. The molecule has 2 aromatic rings. The van der Waals surface area contributed by atoms with Crippen molar-refractivity contribution in [3.8, 4) is 0 Å². The molecule has 0 atom stereocenters. The second-order valence-corrected chi connectivity index (χ2v) is 6.42. The van der Waals surface area contributed by atoms with E-state index in [4.69, 9.17) is 0 Å². The summed E-state index contributed by atoms with van der Waals surface area (Å²) in [5.41, 5.74) is 2.49. The highest BCUT2D eigenvalue weighted by atomic mass is 79.9. The fourth-order valence-corrected chi connectivity index (χ4v) is 2.59. The highest BCUT2D eigenvalue weighted by molar-refractivity contribution is 9.10. The van der Waals surface area contributed by atoms with Crippen LogP contribution in [0.5, 0.6) is 0 Å². The van der Waals surface area contributed by atoms with Gasteiger partial charge in [-0.3, -0.25) is 14.5 Å². The van der Waals surface area contributed by atoms with Crippen LogP contribution in [0.4, 0.5) is 11.4 Å². The van der Waals surface area contributed by atoms with Crippen molar-refractivity contribution < 1.29 is 9.59 Å². The third-order valence-electron chi connectivity index (χ3n) is 3.39. The lowest BCUT2D eigenvalue weighted by Gasteiger charge is -2.17. The van der Waals surface area contributed by atoms with E-state index in [1.807, 2.05) is 55.5 Å². The van der Waals surface area contributed by atoms with Crippen LogP contribution in [-0.4, -0.2) is 36.9 Å². The van der Waals surface area contributed by atoms with E-state index < -0.39 is 0 Å². The number of hydrogen-bond donors (Lipinski definition) is 2. The van der Waals surface area contributed by atoms with E-state index in [9.17, 15) is 9.59 Å². The van der Waals surface area contributed by atoms with E-state index in [2.05, 4.69) is 26.6 Å². The summed E-state index contributed by atoms with van der Waals surface area (Å²) in [5, 5.41) is 5.67. The van der Waals surface area contributed by atoms with E-state index in [0.29, 0.717) is 5.69 Å². The van der Waals surface area contributed by atoms with Crippen LogP contribution in [0.15, 0.2) is 53.0 Å². The highest BCUT2D eigenvalue weighted by Crippen LogP contribution is 2.21. The van der Waals surface area contributed by atoms with Gasteiger partial charge < -0.3 is 10.6 Å². The van der Waals surface area contributed by atoms with Gasteiger partial charge in [0.2, 0.25) is 11.8 Å². The first kappa shape index (κ1) is 18.2. The van der Waals surface area contributed by atoms with Crippen LogP contribution in [0.25, 0.3) is 0 Å². The lowest BCUT2D eigenvalue weighted by atomic mass is 10.2. The van der Waals surface area contributed by atoms with E-state index in [0.717, 1.165) is 15.7 Å². The number of carbonyl (C=O) groups is 2. The number of para-hydroxylation sites is 2. The molecular formula is C18H20BrN3O2. The van der Waals surface area contributed by atoms with Crippen LogP contribution < -0.4 is 10.6 Å². The lowest BCUT2D eigenvalue weighted by Crippen LogP contribution is -2.36. The molecule has 0 unspecified atom stereocenters. The second kappa shape index (κ2) is 8.61. The fourth-order valence-electron chi connectivity index (χ4n) is 2.20. The number of hydrogen-bond acceptors (Lipinski definition) is 3. The highest BCUT2D eigenvalue weighted by Gasteiger charge is 2.12. The quantitative estimate of drug-likeness (QED) is 0.796. The zero-order valence-corrected chi connectivity index (χ0v) is 15.3. The predicted molar refractivity (Wildman–Crippen MR) is 100 cm³/mol. The Morgan fingerprint density at radius 3 is 2.00 bits per heavy atom. The molecule has 2 N–H and O–H groups in total. The average Bonchev–Trinajstić information content (AvgIpc) is 2.51. The van der Waals surface area contributed by atoms with E-state index in [1.165, 1.54) is 0 Å². The van der Waals surface area contributed by atoms with Gasteiger partial charge in [0.1, 0.15) is 0 Å². The molecule has 2 amide bonds. The summed E-state index contributed by atoms with van der Waals surface area (Å²) in [6, 6.07) is 15.0. The topological polar surface area (TPSA) is 61.4 Å². The Morgan fingerprint density at radius 2 is 1.42 bits per heavy atom. The molecule has 0 fully saturated rings. The Morgan fingerprint density at radius 1 is 0.917 bits per heavy atom. The summed E-state index contributed by atoms with van der Waals surface area (Å²) in [6.07, 6.45) is 0. The Hall–Kier alpha value is -2.18. The number of benzene rings is 2. The molecular weight excluding hydrogens is 370 g/mol. The molecule has 0 radical (unpaired) electrons. The standard InChI is InChI=1S/C18H20BrN3O2/c1-13-7-3-5-9-15(13)20-17(23)11-22(2)12-18(24)21-16-10-6-4-8-14(16)19/h3-10H,11-12H2,1-2H3,(H,20,23)(H,21,24). The van der Waals surface area contributed by atoms with E-state index >= 15 is 0 Å². The van der Waals surface area contributed by atoms with Crippen molar-refractivity contribution in [2.24, 2.45) is 0 Å². The largest absolute Gasteiger partial charge is 0.325 e. The molecule has 0 saturated carbocycles. The molecule has 0 aliphatic heterocycles. The zero-order valence-electron chi connectivity index (χ0n) is 13.7. The molecule has 0 bridgehead atoms. The minimum absolute atomic E-state index is 0.128. The molecule has 5 nitrogen and oxygen atoms in total. The van der Waals surface area contributed by atoms with Gasteiger partial charge in [-0.05, 0) is 53.7 Å². The van der Waals surface area contributed by atoms with Gasteiger partial charge in [-0.25, -0.2) is 0 Å². The summed E-state index contributed by atoms with van der Waals surface area (Å²) >= 11 is 3.38. The summed E-state index contributed by atoms with van der Waals surface area (Å²) in [5.74, 6) is -0.325. The summed E-state index contributed by atoms with van der Waals surface area (Å²) < 4.78 is 0.818. The van der Waals surface area contributed by atoms with Crippen molar-refractivity contribution in [2.45, 2.75) is 6.92 Å². The molecule has 6 heteroatoms. The minimum atomic E-state index is -0.173. The maximum Gasteiger partial charge on any atom is 0.238 e. The van der Waals surface area contributed by atoms with E-state index in [1.54, 1.807) is 11.9 Å². The number of carbonyl (C=O) groups excluding carboxylic acids is 2. The molecule has 2 aromatic carbocycles. The Labute approximate surface area is 150 Å². The summed E-state index contributed by atoms with van der Waals surface area (Å²) in [4.78, 5) is 25.8. The van der Waals surface area contributed by atoms with Crippen molar-refractivity contribution in [1.29, 1.82) is 0 Å². The number of halogens is 1. The number of nitrogens with one attached hydrogen (secondary N) is 2.